The monoisotopic (exact) mass is 643 g/mol. The van der Waals surface area contributed by atoms with E-state index in [4.69, 9.17) is 19.9 Å². The van der Waals surface area contributed by atoms with Gasteiger partial charge < -0.3 is 24.6 Å². The van der Waals surface area contributed by atoms with Crippen molar-refractivity contribution in [3.63, 3.8) is 0 Å². The number of carbonyl (C=O) groups is 3. The van der Waals surface area contributed by atoms with E-state index in [1.807, 2.05) is 29.8 Å². The zero-order chi connectivity index (χ0) is 33.8. The van der Waals surface area contributed by atoms with Gasteiger partial charge in [-0.25, -0.2) is 9.78 Å². The molecule has 5 N–H and O–H groups in total. The third-order valence-corrected chi connectivity index (χ3v) is 7.56. The van der Waals surface area contributed by atoms with Crippen LogP contribution in [0.5, 0.6) is 0 Å². The Hall–Kier alpha value is -5.14. The van der Waals surface area contributed by atoms with Crippen molar-refractivity contribution in [1.29, 1.82) is 5.41 Å². The van der Waals surface area contributed by atoms with Gasteiger partial charge in [0.15, 0.2) is 5.78 Å². The summed E-state index contributed by atoms with van der Waals surface area (Å²) in [5.41, 5.74) is 5.71. The number of hydrogen-bond acceptors (Lipinski definition) is 11. The number of amides is 1. The van der Waals surface area contributed by atoms with Gasteiger partial charge in [0.05, 0.1) is 48.9 Å². The molecule has 13 heteroatoms. The van der Waals surface area contributed by atoms with Crippen molar-refractivity contribution < 1.29 is 29.1 Å². The molecule has 1 amide bonds. The summed E-state index contributed by atoms with van der Waals surface area (Å²) in [5.74, 6) is -0.177. The number of alkyl carbamates (subject to hydrolysis) is 1. The van der Waals surface area contributed by atoms with Crippen LogP contribution in [0.4, 0.5) is 10.5 Å². The molecule has 248 valence electrons. The lowest BCUT2D eigenvalue weighted by molar-refractivity contribution is -0.144. The second kappa shape index (κ2) is 17.0. The van der Waals surface area contributed by atoms with E-state index in [1.54, 1.807) is 43.3 Å². The standard InChI is InChI=1S/C34H41N7O6/c1-4-6-7-8-18-47-34(44)39-33(35)22-11-14-24(15-12-22)37-21-29-38-26-19-23(13-16-28(26)41(29)3)32(43)25-10-9-17-36-31(25)27(40-45)20-30(42)46-5-2/h9-17,19,27,37,40,45H,4-8,18,20-21H2,1-3H3,(H2,35,39,44). The first-order valence-electron chi connectivity index (χ1n) is 15.6. The quantitative estimate of drug-likeness (QED) is 0.0264. The number of hydroxylamine groups is 1. The smallest absolute Gasteiger partial charge is 0.412 e. The summed E-state index contributed by atoms with van der Waals surface area (Å²) in [5, 5.41) is 23.7. The van der Waals surface area contributed by atoms with E-state index in [1.165, 1.54) is 6.20 Å². The molecule has 47 heavy (non-hydrogen) atoms. The number of aryl methyl sites for hydroxylation is 1. The summed E-state index contributed by atoms with van der Waals surface area (Å²) >= 11 is 0. The third-order valence-electron chi connectivity index (χ3n) is 7.56. The van der Waals surface area contributed by atoms with Crippen molar-refractivity contribution in [1.82, 2.24) is 25.3 Å². The van der Waals surface area contributed by atoms with Crippen LogP contribution in [0.2, 0.25) is 0 Å². The number of nitrogens with zero attached hydrogens (tertiary/aromatic N) is 3. The first-order valence-corrected chi connectivity index (χ1v) is 15.6. The molecule has 4 aromatic rings. The van der Waals surface area contributed by atoms with Gasteiger partial charge in [0.25, 0.3) is 0 Å². The minimum atomic E-state index is -0.928. The lowest BCUT2D eigenvalue weighted by atomic mass is 9.97. The van der Waals surface area contributed by atoms with Gasteiger partial charge in [0.2, 0.25) is 0 Å². The van der Waals surface area contributed by atoms with Gasteiger partial charge in [-0.2, -0.15) is 5.48 Å². The molecule has 0 saturated heterocycles. The maximum absolute atomic E-state index is 13.6. The van der Waals surface area contributed by atoms with E-state index in [0.717, 1.165) is 42.7 Å². The zero-order valence-electron chi connectivity index (χ0n) is 26.8. The molecule has 13 nitrogen and oxygen atoms in total. The van der Waals surface area contributed by atoms with Crippen molar-refractivity contribution in [2.75, 3.05) is 18.5 Å². The van der Waals surface area contributed by atoms with Crippen molar-refractivity contribution in [3.05, 3.63) is 89.0 Å². The number of esters is 1. The van der Waals surface area contributed by atoms with Crippen LogP contribution in [-0.4, -0.2) is 56.6 Å². The number of ketones is 1. The molecule has 1 unspecified atom stereocenters. The Morgan fingerprint density at radius 1 is 1.00 bits per heavy atom. The fraction of sp³-hybridized carbons (Fsp3) is 0.353. The molecule has 4 rings (SSSR count). The van der Waals surface area contributed by atoms with Crippen LogP contribution in [0.25, 0.3) is 11.0 Å². The van der Waals surface area contributed by atoms with Crippen molar-refractivity contribution in [2.24, 2.45) is 7.05 Å². The van der Waals surface area contributed by atoms with Crippen LogP contribution in [0.3, 0.4) is 0 Å². The zero-order valence-corrected chi connectivity index (χ0v) is 26.8. The van der Waals surface area contributed by atoms with Gasteiger partial charge in [-0.3, -0.25) is 25.3 Å². The van der Waals surface area contributed by atoms with Gasteiger partial charge in [-0.05, 0) is 67.9 Å². The van der Waals surface area contributed by atoms with Gasteiger partial charge in [0, 0.05) is 35.6 Å². The molecule has 2 heterocycles. The minimum Gasteiger partial charge on any atom is -0.466 e. The summed E-state index contributed by atoms with van der Waals surface area (Å²) in [6.07, 6.45) is 4.66. The second-order valence-electron chi connectivity index (χ2n) is 10.9. The van der Waals surface area contributed by atoms with Crippen molar-refractivity contribution >= 4 is 40.4 Å². The van der Waals surface area contributed by atoms with Gasteiger partial charge in [-0.1, -0.05) is 26.2 Å². The number of pyridine rings is 1. The summed E-state index contributed by atoms with van der Waals surface area (Å²) in [6, 6.07) is 14.6. The van der Waals surface area contributed by atoms with Crippen LogP contribution in [0.1, 0.15) is 85.0 Å². The number of imidazole rings is 1. The molecule has 0 bridgehead atoms. The van der Waals surface area contributed by atoms with Crippen LogP contribution in [-0.2, 0) is 27.9 Å². The largest absolute Gasteiger partial charge is 0.466 e. The number of anilines is 1. The second-order valence-corrected chi connectivity index (χ2v) is 10.9. The number of rotatable bonds is 16. The highest BCUT2D eigenvalue weighted by molar-refractivity contribution is 6.11. The van der Waals surface area contributed by atoms with Crippen LogP contribution in [0, 0.1) is 5.41 Å². The van der Waals surface area contributed by atoms with Crippen LogP contribution >= 0.6 is 0 Å². The van der Waals surface area contributed by atoms with Crippen molar-refractivity contribution in [2.45, 2.75) is 58.5 Å². The highest BCUT2D eigenvalue weighted by atomic mass is 16.5. The van der Waals surface area contributed by atoms with Gasteiger partial charge >= 0.3 is 12.1 Å². The molecule has 2 aromatic carbocycles. The molecule has 0 aliphatic rings. The summed E-state index contributed by atoms with van der Waals surface area (Å²) in [6.45, 7) is 4.71. The predicted octanol–water partition coefficient (Wildman–Crippen LogP) is 5.42. The van der Waals surface area contributed by atoms with Crippen LogP contribution in [0.15, 0.2) is 60.8 Å². The fourth-order valence-electron chi connectivity index (χ4n) is 5.02. The number of carbonyl (C=O) groups excluding carboxylic acids is 3. The first-order chi connectivity index (χ1) is 22.7. The van der Waals surface area contributed by atoms with Crippen LogP contribution < -0.4 is 16.1 Å². The average molecular weight is 644 g/mol. The molecule has 2 aromatic heterocycles. The van der Waals surface area contributed by atoms with E-state index in [0.29, 0.717) is 29.8 Å². The van der Waals surface area contributed by atoms with E-state index in [2.05, 4.69) is 28.0 Å². The number of aromatic nitrogens is 3. The molecule has 1 atom stereocenters. The molecule has 0 aliphatic carbocycles. The minimum absolute atomic E-state index is 0.0450. The number of ether oxygens (including phenoxy) is 2. The Balaban J connectivity index is 1.40. The Bertz CT molecular complexity index is 1700. The predicted molar refractivity (Wildman–Crippen MR) is 177 cm³/mol. The molecule has 0 fully saturated rings. The third kappa shape index (κ3) is 9.21. The Morgan fingerprint density at radius 3 is 2.49 bits per heavy atom. The van der Waals surface area contributed by atoms with Crippen molar-refractivity contribution in [3.8, 4) is 0 Å². The van der Waals surface area contributed by atoms with Gasteiger partial charge in [-0.15, -0.1) is 0 Å². The molecule has 0 radical (unpaired) electrons. The molecule has 0 spiro atoms. The number of hydrogen-bond donors (Lipinski definition) is 5. The van der Waals surface area contributed by atoms with E-state index >= 15 is 0 Å². The summed E-state index contributed by atoms with van der Waals surface area (Å²) < 4.78 is 12.1. The van der Waals surface area contributed by atoms with Gasteiger partial charge in [0.1, 0.15) is 11.7 Å². The highest BCUT2D eigenvalue weighted by Crippen LogP contribution is 2.24. The maximum Gasteiger partial charge on any atom is 0.412 e. The molecular weight excluding hydrogens is 602 g/mol. The Labute approximate surface area is 273 Å². The SMILES string of the molecule is CCCCCCOC(=O)NC(=N)c1ccc(NCc2nc3cc(C(=O)c4cccnc4C(CC(=O)OCC)NO)ccc3n2C)cc1. The molecule has 0 aliphatic heterocycles. The normalized spacial score (nSPS) is 11.6. The average Bonchev–Trinajstić information content (AvgIpc) is 3.40. The highest BCUT2D eigenvalue weighted by Gasteiger charge is 2.24. The Morgan fingerprint density at radius 2 is 1.77 bits per heavy atom. The lowest BCUT2D eigenvalue weighted by Gasteiger charge is -2.16. The fourth-order valence-corrected chi connectivity index (χ4v) is 5.02. The number of fused-ring (bicyclic) bond motifs is 1. The summed E-state index contributed by atoms with van der Waals surface area (Å²) in [4.78, 5) is 46.7. The topological polar surface area (TPSA) is 181 Å². The molecule has 0 saturated carbocycles. The lowest BCUT2D eigenvalue weighted by Crippen LogP contribution is -2.31. The first kappa shape index (κ1) is 34.7. The maximum atomic E-state index is 13.6. The molecular formula is C34H41N7O6. The Kier molecular flexibility index (Phi) is 12.5. The number of unbranched alkanes of at least 4 members (excludes halogenated alkanes) is 3. The van der Waals surface area contributed by atoms with E-state index < -0.39 is 18.1 Å². The number of benzene rings is 2. The number of nitrogens with one attached hydrogen (secondary N) is 4. The van der Waals surface area contributed by atoms with E-state index in [9.17, 15) is 19.6 Å². The number of amidine groups is 1. The van der Waals surface area contributed by atoms with E-state index in [-0.39, 0.29) is 35.9 Å². The summed E-state index contributed by atoms with van der Waals surface area (Å²) in [7, 11) is 1.89.